The van der Waals surface area contributed by atoms with Gasteiger partial charge in [-0.05, 0) is 43.5 Å². The van der Waals surface area contributed by atoms with E-state index in [1.807, 2.05) is 6.07 Å². The van der Waals surface area contributed by atoms with Crippen molar-refractivity contribution in [3.05, 3.63) is 42.0 Å². The minimum absolute atomic E-state index is 0.273. The molecule has 0 unspecified atom stereocenters. The topological polar surface area (TPSA) is 38.2 Å². The maximum Gasteiger partial charge on any atom is 0.224 e. The molecule has 0 N–H and O–H groups in total. The summed E-state index contributed by atoms with van der Waals surface area (Å²) in [4.78, 5) is 10.7. The standard InChI is InChI=1S/C17H22FN3O/c1-4-8-21(9-5-2)16-11-17(20-12-19-16)22-15-7-6-14(18)10-13(15)3/h6-7,10-12H,4-5,8-9H2,1-3H3. The minimum Gasteiger partial charge on any atom is -0.439 e. The van der Waals surface area contributed by atoms with Crippen LogP contribution in [0.1, 0.15) is 32.3 Å². The molecule has 118 valence electrons. The Bertz CT molecular complexity index is 613. The number of rotatable bonds is 7. The second-order valence-electron chi connectivity index (χ2n) is 5.21. The largest absolute Gasteiger partial charge is 0.439 e. The summed E-state index contributed by atoms with van der Waals surface area (Å²) in [5.74, 6) is 1.65. The molecule has 0 amide bonds. The quantitative estimate of drug-likeness (QED) is 0.762. The highest BCUT2D eigenvalue weighted by Gasteiger charge is 2.09. The van der Waals surface area contributed by atoms with Crippen LogP contribution in [0.25, 0.3) is 0 Å². The van der Waals surface area contributed by atoms with Crippen LogP contribution in [0.2, 0.25) is 0 Å². The molecule has 1 aromatic heterocycles. The lowest BCUT2D eigenvalue weighted by Gasteiger charge is -2.22. The van der Waals surface area contributed by atoms with E-state index >= 15 is 0 Å². The third-order valence-electron chi connectivity index (χ3n) is 3.29. The van der Waals surface area contributed by atoms with E-state index in [1.54, 1.807) is 13.0 Å². The van der Waals surface area contributed by atoms with E-state index in [0.717, 1.165) is 37.3 Å². The molecular weight excluding hydrogens is 281 g/mol. The first kappa shape index (κ1) is 16.2. The summed E-state index contributed by atoms with van der Waals surface area (Å²) in [6.07, 6.45) is 3.61. The van der Waals surface area contributed by atoms with Gasteiger partial charge in [-0.2, -0.15) is 0 Å². The first-order valence-electron chi connectivity index (χ1n) is 7.65. The number of benzene rings is 1. The number of halogens is 1. The Kier molecular flexibility index (Phi) is 5.69. The van der Waals surface area contributed by atoms with Crippen LogP contribution in [0.5, 0.6) is 11.6 Å². The van der Waals surface area contributed by atoms with Gasteiger partial charge in [0.2, 0.25) is 5.88 Å². The zero-order valence-electron chi connectivity index (χ0n) is 13.3. The lowest BCUT2D eigenvalue weighted by molar-refractivity contribution is 0.456. The first-order valence-corrected chi connectivity index (χ1v) is 7.65. The molecule has 0 saturated carbocycles. The molecule has 0 atom stereocenters. The summed E-state index contributed by atoms with van der Waals surface area (Å²) in [6, 6.07) is 6.26. The SMILES string of the molecule is CCCN(CCC)c1cc(Oc2ccc(F)cc2C)ncn1. The number of hydrogen-bond donors (Lipinski definition) is 0. The lowest BCUT2D eigenvalue weighted by atomic mass is 10.2. The number of ether oxygens (including phenoxy) is 1. The monoisotopic (exact) mass is 303 g/mol. The van der Waals surface area contributed by atoms with E-state index in [9.17, 15) is 4.39 Å². The van der Waals surface area contributed by atoms with Gasteiger partial charge < -0.3 is 9.64 Å². The van der Waals surface area contributed by atoms with Gasteiger partial charge in [-0.1, -0.05) is 13.8 Å². The van der Waals surface area contributed by atoms with Crippen molar-refractivity contribution in [3.63, 3.8) is 0 Å². The average Bonchev–Trinajstić information content (AvgIpc) is 2.50. The zero-order valence-corrected chi connectivity index (χ0v) is 13.3. The van der Waals surface area contributed by atoms with Gasteiger partial charge in [-0.25, -0.2) is 14.4 Å². The number of aryl methyl sites for hydroxylation is 1. The summed E-state index contributed by atoms with van der Waals surface area (Å²) in [5.41, 5.74) is 0.735. The van der Waals surface area contributed by atoms with Crippen molar-refractivity contribution in [2.24, 2.45) is 0 Å². The fourth-order valence-corrected chi connectivity index (χ4v) is 2.28. The molecule has 5 heteroatoms. The van der Waals surface area contributed by atoms with Gasteiger partial charge in [0.05, 0.1) is 0 Å². The predicted molar refractivity (Wildman–Crippen MR) is 86.0 cm³/mol. The van der Waals surface area contributed by atoms with E-state index in [0.29, 0.717) is 11.6 Å². The fraction of sp³-hybridized carbons (Fsp3) is 0.412. The maximum atomic E-state index is 13.1. The average molecular weight is 303 g/mol. The van der Waals surface area contributed by atoms with Gasteiger partial charge in [-0.15, -0.1) is 0 Å². The summed E-state index contributed by atoms with van der Waals surface area (Å²) in [5, 5.41) is 0. The van der Waals surface area contributed by atoms with Crippen molar-refractivity contribution in [1.29, 1.82) is 0 Å². The van der Waals surface area contributed by atoms with Crippen molar-refractivity contribution in [3.8, 4) is 11.6 Å². The Morgan fingerprint density at radius 3 is 2.45 bits per heavy atom. The van der Waals surface area contributed by atoms with Crippen molar-refractivity contribution >= 4 is 5.82 Å². The van der Waals surface area contributed by atoms with Gasteiger partial charge in [-0.3, -0.25) is 0 Å². The second kappa shape index (κ2) is 7.73. The summed E-state index contributed by atoms with van der Waals surface area (Å²) >= 11 is 0. The molecule has 0 saturated heterocycles. The molecule has 0 radical (unpaired) electrons. The van der Waals surface area contributed by atoms with E-state index < -0.39 is 0 Å². The third-order valence-corrected chi connectivity index (χ3v) is 3.29. The first-order chi connectivity index (χ1) is 10.6. The number of nitrogens with zero attached hydrogens (tertiary/aromatic N) is 3. The Hall–Kier alpha value is -2.17. The molecule has 0 spiro atoms. The van der Waals surface area contributed by atoms with Crippen LogP contribution in [-0.4, -0.2) is 23.1 Å². The van der Waals surface area contributed by atoms with Crippen LogP contribution in [0.15, 0.2) is 30.6 Å². The normalized spacial score (nSPS) is 10.5. The number of hydrogen-bond acceptors (Lipinski definition) is 4. The number of anilines is 1. The summed E-state index contributed by atoms with van der Waals surface area (Å²) < 4.78 is 18.9. The Balaban J connectivity index is 2.20. The smallest absolute Gasteiger partial charge is 0.224 e. The summed E-state index contributed by atoms with van der Waals surface area (Å²) in [7, 11) is 0. The van der Waals surface area contributed by atoms with E-state index in [2.05, 4.69) is 28.7 Å². The molecule has 4 nitrogen and oxygen atoms in total. The Morgan fingerprint density at radius 1 is 1.09 bits per heavy atom. The maximum absolute atomic E-state index is 13.1. The van der Waals surface area contributed by atoms with Crippen LogP contribution >= 0.6 is 0 Å². The van der Waals surface area contributed by atoms with Crippen molar-refractivity contribution in [2.45, 2.75) is 33.6 Å². The van der Waals surface area contributed by atoms with E-state index in [-0.39, 0.29) is 5.82 Å². The fourth-order valence-electron chi connectivity index (χ4n) is 2.28. The molecule has 0 aliphatic carbocycles. The van der Waals surface area contributed by atoms with Crippen molar-refractivity contribution < 1.29 is 9.13 Å². The van der Waals surface area contributed by atoms with Crippen LogP contribution in [-0.2, 0) is 0 Å². The molecule has 22 heavy (non-hydrogen) atoms. The highest BCUT2D eigenvalue weighted by Crippen LogP contribution is 2.25. The molecule has 1 heterocycles. The Morgan fingerprint density at radius 2 is 1.82 bits per heavy atom. The summed E-state index contributed by atoms with van der Waals surface area (Å²) in [6.45, 7) is 7.98. The van der Waals surface area contributed by atoms with Gasteiger partial charge in [0.1, 0.15) is 23.7 Å². The molecule has 2 aromatic rings. The molecule has 0 fully saturated rings. The lowest BCUT2D eigenvalue weighted by Crippen LogP contribution is -2.25. The van der Waals surface area contributed by atoms with Crippen molar-refractivity contribution in [2.75, 3.05) is 18.0 Å². The van der Waals surface area contributed by atoms with Gasteiger partial charge >= 0.3 is 0 Å². The van der Waals surface area contributed by atoms with Gasteiger partial charge in [0, 0.05) is 19.2 Å². The van der Waals surface area contributed by atoms with Crippen LogP contribution in [0.3, 0.4) is 0 Å². The third kappa shape index (κ3) is 4.16. The minimum atomic E-state index is -0.273. The Labute approximate surface area is 131 Å². The molecule has 0 bridgehead atoms. The van der Waals surface area contributed by atoms with E-state index in [4.69, 9.17) is 4.74 Å². The molecular formula is C17H22FN3O. The molecule has 0 aliphatic rings. The molecule has 1 aromatic carbocycles. The van der Waals surface area contributed by atoms with E-state index in [1.165, 1.54) is 18.5 Å². The molecule has 0 aliphatic heterocycles. The van der Waals surface area contributed by atoms with Crippen LogP contribution in [0, 0.1) is 12.7 Å². The van der Waals surface area contributed by atoms with Gasteiger partial charge in [0.15, 0.2) is 0 Å². The highest BCUT2D eigenvalue weighted by atomic mass is 19.1. The van der Waals surface area contributed by atoms with Crippen LogP contribution in [0.4, 0.5) is 10.2 Å². The van der Waals surface area contributed by atoms with Gasteiger partial charge in [0.25, 0.3) is 0 Å². The zero-order chi connectivity index (χ0) is 15.9. The second-order valence-corrected chi connectivity index (χ2v) is 5.21. The predicted octanol–water partition coefficient (Wildman–Crippen LogP) is 4.34. The van der Waals surface area contributed by atoms with Crippen LogP contribution < -0.4 is 9.64 Å². The molecule has 2 rings (SSSR count). The number of aromatic nitrogens is 2. The highest BCUT2D eigenvalue weighted by molar-refractivity contribution is 5.43. The van der Waals surface area contributed by atoms with Crippen molar-refractivity contribution in [1.82, 2.24) is 9.97 Å².